The monoisotopic (exact) mass is 497 g/mol. The van der Waals surface area contributed by atoms with Crippen molar-refractivity contribution in [2.75, 3.05) is 36.4 Å². The van der Waals surface area contributed by atoms with E-state index in [2.05, 4.69) is 30.7 Å². The van der Waals surface area contributed by atoms with Crippen LogP contribution in [0.15, 0.2) is 65.8 Å². The van der Waals surface area contributed by atoms with Gasteiger partial charge in [0.2, 0.25) is 5.91 Å². The fraction of sp³-hybridized carbons (Fsp3) is 0.385. The first-order chi connectivity index (χ1) is 16.4. The van der Waals surface area contributed by atoms with Gasteiger partial charge in [-0.1, -0.05) is 39.0 Å². The quantitative estimate of drug-likeness (QED) is 0.482. The van der Waals surface area contributed by atoms with Gasteiger partial charge in [0, 0.05) is 38.7 Å². The van der Waals surface area contributed by atoms with Crippen LogP contribution in [0.1, 0.15) is 39.1 Å². The summed E-state index contributed by atoms with van der Waals surface area (Å²) in [6.45, 7) is 8.46. The minimum Gasteiger partial charge on any atom is -0.378 e. The number of nitrogens with one attached hydrogen (secondary N) is 1. The molecule has 2 aromatic carbocycles. The molecule has 0 fully saturated rings. The van der Waals surface area contributed by atoms with E-state index in [-0.39, 0.29) is 29.3 Å². The Hall–Kier alpha value is -3.33. The van der Waals surface area contributed by atoms with Crippen LogP contribution in [0.25, 0.3) is 0 Å². The van der Waals surface area contributed by atoms with Crippen molar-refractivity contribution in [3.05, 3.63) is 72.3 Å². The number of H-pyrrole nitrogens is 1. The summed E-state index contributed by atoms with van der Waals surface area (Å²) in [7, 11) is -0.243. The zero-order chi connectivity index (χ0) is 25.8. The van der Waals surface area contributed by atoms with Crippen molar-refractivity contribution in [1.29, 1.82) is 0 Å². The number of aromatic amines is 1. The van der Waals surface area contributed by atoms with E-state index in [9.17, 15) is 13.2 Å². The van der Waals surface area contributed by atoms with E-state index in [1.165, 1.54) is 4.31 Å². The van der Waals surface area contributed by atoms with E-state index in [1.54, 1.807) is 47.6 Å². The Bertz CT molecular complexity index is 1230. The molecule has 0 unspecified atom stereocenters. The summed E-state index contributed by atoms with van der Waals surface area (Å²) in [6.07, 6.45) is 3.32. The number of nitrogens with zero attached hydrogens (tertiary/aromatic N) is 4. The van der Waals surface area contributed by atoms with Crippen LogP contribution in [0, 0.1) is 0 Å². The van der Waals surface area contributed by atoms with Crippen LogP contribution in [0.3, 0.4) is 0 Å². The zero-order valence-electron chi connectivity index (χ0n) is 21.3. The molecule has 8 nitrogen and oxygen atoms in total. The van der Waals surface area contributed by atoms with Crippen LogP contribution in [0.4, 0.5) is 11.4 Å². The summed E-state index contributed by atoms with van der Waals surface area (Å²) < 4.78 is 28.9. The summed E-state index contributed by atoms with van der Waals surface area (Å²) in [6, 6.07) is 14.1. The van der Waals surface area contributed by atoms with Gasteiger partial charge >= 0.3 is 0 Å². The minimum atomic E-state index is -4.01. The van der Waals surface area contributed by atoms with E-state index >= 15 is 0 Å². The Morgan fingerprint density at radius 1 is 1.03 bits per heavy atom. The van der Waals surface area contributed by atoms with Gasteiger partial charge in [-0.05, 0) is 48.2 Å². The topological polar surface area (TPSA) is 89.6 Å². The van der Waals surface area contributed by atoms with Crippen molar-refractivity contribution in [2.24, 2.45) is 0 Å². The number of carbonyl (C=O) groups is 1. The van der Waals surface area contributed by atoms with Gasteiger partial charge in [-0.15, -0.1) is 0 Å². The second-order valence-electron chi connectivity index (χ2n) is 9.64. The van der Waals surface area contributed by atoms with Gasteiger partial charge in [0.25, 0.3) is 10.0 Å². The van der Waals surface area contributed by atoms with Crippen LogP contribution < -0.4 is 9.21 Å². The van der Waals surface area contributed by atoms with Gasteiger partial charge in [-0.3, -0.25) is 9.10 Å². The van der Waals surface area contributed by atoms with E-state index < -0.39 is 10.0 Å². The molecule has 3 aromatic rings. The molecule has 0 bridgehead atoms. The number of likely N-dealkylation sites (N-methyl/N-ethyl adjacent to an activating group) is 1. The molecule has 0 aliphatic rings. The molecule has 188 valence electrons. The van der Waals surface area contributed by atoms with Crippen molar-refractivity contribution < 1.29 is 13.2 Å². The number of amides is 1. The molecule has 0 saturated heterocycles. The normalized spacial score (nSPS) is 11.8. The Labute approximate surface area is 208 Å². The highest BCUT2D eigenvalue weighted by atomic mass is 32.2. The molecule has 1 aromatic heterocycles. The third kappa shape index (κ3) is 6.22. The highest BCUT2D eigenvalue weighted by molar-refractivity contribution is 7.92. The van der Waals surface area contributed by atoms with Crippen molar-refractivity contribution >= 4 is 27.3 Å². The molecule has 1 heterocycles. The molecule has 0 aliphatic carbocycles. The van der Waals surface area contributed by atoms with E-state index in [0.717, 1.165) is 11.3 Å². The summed E-state index contributed by atoms with van der Waals surface area (Å²) in [5, 5.41) is 0. The molecule has 9 heteroatoms. The van der Waals surface area contributed by atoms with E-state index in [0.29, 0.717) is 18.1 Å². The Morgan fingerprint density at radius 3 is 2.23 bits per heavy atom. The van der Waals surface area contributed by atoms with Gasteiger partial charge in [0.1, 0.15) is 12.4 Å². The molecule has 0 aliphatic heterocycles. The maximum absolute atomic E-state index is 13.9. The molecule has 0 radical (unpaired) electrons. The molecule has 0 spiro atoms. The van der Waals surface area contributed by atoms with Crippen LogP contribution >= 0.6 is 0 Å². The SMILES string of the molecule is CCN(Cc1ncc[nH]1)C(=O)CN(c1cccc(N(C)C)c1)S(=O)(=O)c1ccc(C(C)(C)C)cc1. The predicted octanol–water partition coefficient (Wildman–Crippen LogP) is 4.02. The maximum atomic E-state index is 13.9. The summed E-state index contributed by atoms with van der Waals surface area (Å²) >= 11 is 0. The first-order valence-corrected chi connectivity index (χ1v) is 13.0. The Kier molecular flexibility index (Phi) is 7.90. The second kappa shape index (κ2) is 10.5. The number of sulfonamides is 1. The molecule has 3 rings (SSSR count). The van der Waals surface area contributed by atoms with Crippen LogP contribution in [-0.2, 0) is 26.8 Å². The highest BCUT2D eigenvalue weighted by Gasteiger charge is 2.29. The summed E-state index contributed by atoms with van der Waals surface area (Å²) in [4.78, 5) is 24.1. The number of imidazole rings is 1. The van der Waals surface area contributed by atoms with Gasteiger partial charge in [0.15, 0.2) is 0 Å². The largest absolute Gasteiger partial charge is 0.378 e. The lowest BCUT2D eigenvalue weighted by atomic mass is 9.87. The second-order valence-corrected chi connectivity index (χ2v) is 11.5. The maximum Gasteiger partial charge on any atom is 0.264 e. The third-order valence-corrected chi connectivity index (χ3v) is 7.64. The van der Waals surface area contributed by atoms with E-state index in [4.69, 9.17) is 0 Å². The van der Waals surface area contributed by atoms with Crippen LogP contribution in [0.2, 0.25) is 0 Å². The Morgan fingerprint density at radius 2 is 1.69 bits per heavy atom. The zero-order valence-corrected chi connectivity index (χ0v) is 22.1. The smallest absolute Gasteiger partial charge is 0.264 e. The number of hydrogen-bond acceptors (Lipinski definition) is 5. The van der Waals surface area contributed by atoms with Gasteiger partial charge in [0.05, 0.1) is 17.1 Å². The minimum absolute atomic E-state index is 0.106. The highest BCUT2D eigenvalue weighted by Crippen LogP contribution is 2.29. The summed E-state index contributed by atoms with van der Waals surface area (Å²) in [5.74, 6) is 0.330. The Balaban J connectivity index is 2.00. The summed E-state index contributed by atoms with van der Waals surface area (Å²) in [5.41, 5.74) is 2.19. The molecular weight excluding hydrogens is 462 g/mol. The third-order valence-electron chi connectivity index (χ3n) is 5.85. The standard InChI is InChI=1S/C26H35N5O3S/c1-7-30(18-24-27-15-16-28-24)25(32)19-31(22-10-8-9-21(17-22)29(5)6)35(33,34)23-13-11-20(12-14-23)26(2,3)4/h8-17H,7,18-19H2,1-6H3,(H,27,28). The van der Waals surface area contributed by atoms with Gasteiger partial charge in [-0.25, -0.2) is 13.4 Å². The number of carbonyl (C=O) groups excluding carboxylic acids is 1. The molecule has 0 saturated carbocycles. The molecule has 1 N–H and O–H groups in total. The van der Waals surface area contributed by atoms with Crippen molar-refractivity contribution in [3.63, 3.8) is 0 Å². The molecule has 1 amide bonds. The number of aromatic nitrogens is 2. The first-order valence-electron chi connectivity index (χ1n) is 11.6. The molecule has 0 atom stereocenters. The molecular formula is C26H35N5O3S. The number of rotatable bonds is 9. The lowest BCUT2D eigenvalue weighted by Crippen LogP contribution is -2.43. The van der Waals surface area contributed by atoms with Crippen molar-refractivity contribution in [3.8, 4) is 0 Å². The average Bonchev–Trinajstić information content (AvgIpc) is 3.33. The van der Waals surface area contributed by atoms with E-state index in [1.807, 2.05) is 44.1 Å². The fourth-order valence-electron chi connectivity index (χ4n) is 3.66. The lowest BCUT2D eigenvalue weighted by molar-refractivity contribution is -0.130. The fourth-order valence-corrected chi connectivity index (χ4v) is 5.07. The lowest BCUT2D eigenvalue weighted by Gasteiger charge is -2.28. The van der Waals surface area contributed by atoms with Gasteiger partial charge in [-0.2, -0.15) is 0 Å². The van der Waals surface area contributed by atoms with Crippen LogP contribution in [-0.4, -0.2) is 56.4 Å². The number of anilines is 2. The number of hydrogen-bond donors (Lipinski definition) is 1. The molecule has 35 heavy (non-hydrogen) atoms. The van der Waals surface area contributed by atoms with Crippen LogP contribution in [0.5, 0.6) is 0 Å². The van der Waals surface area contributed by atoms with Crippen molar-refractivity contribution in [2.45, 2.75) is 44.6 Å². The van der Waals surface area contributed by atoms with Gasteiger partial charge < -0.3 is 14.8 Å². The predicted molar refractivity (Wildman–Crippen MR) is 140 cm³/mol. The average molecular weight is 498 g/mol. The number of benzene rings is 2. The first kappa shape index (κ1) is 26.3. The van der Waals surface area contributed by atoms with Crippen molar-refractivity contribution in [1.82, 2.24) is 14.9 Å².